The van der Waals surface area contributed by atoms with Gasteiger partial charge in [-0.05, 0) is 31.2 Å². The van der Waals surface area contributed by atoms with Crippen LogP contribution < -0.4 is 10.5 Å². The number of thioether (sulfide) groups is 1. The topological polar surface area (TPSA) is 115 Å². The lowest BCUT2D eigenvalue weighted by Crippen LogP contribution is -2.31. The zero-order valence-corrected chi connectivity index (χ0v) is 12.5. The van der Waals surface area contributed by atoms with Crippen LogP contribution in [-0.4, -0.2) is 30.9 Å². The second kappa shape index (κ2) is 5.23. The van der Waals surface area contributed by atoms with Gasteiger partial charge in [-0.15, -0.1) is 0 Å². The smallest absolute Gasteiger partial charge is 0.292 e. The molecule has 20 heavy (non-hydrogen) atoms. The molecule has 0 radical (unpaired) electrons. The van der Waals surface area contributed by atoms with Crippen molar-refractivity contribution >= 4 is 33.2 Å². The van der Waals surface area contributed by atoms with E-state index >= 15 is 0 Å². The highest BCUT2D eigenvalue weighted by Gasteiger charge is 2.42. The van der Waals surface area contributed by atoms with E-state index in [1.807, 2.05) is 6.26 Å². The van der Waals surface area contributed by atoms with E-state index in [9.17, 15) is 18.5 Å². The summed E-state index contributed by atoms with van der Waals surface area (Å²) < 4.78 is 26.8. The van der Waals surface area contributed by atoms with E-state index in [-0.39, 0.29) is 21.0 Å². The molecule has 1 aromatic rings. The Labute approximate surface area is 121 Å². The van der Waals surface area contributed by atoms with Crippen LogP contribution in [0.4, 0.5) is 11.4 Å². The van der Waals surface area contributed by atoms with Crippen molar-refractivity contribution < 1.29 is 13.3 Å². The van der Waals surface area contributed by atoms with Gasteiger partial charge in [-0.3, -0.25) is 10.1 Å². The number of hydrogen-bond acceptors (Lipinski definition) is 6. The lowest BCUT2D eigenvalue weighted by atomic mass is 10.3. The number of hydrogen-bond donors (Lipinski definition) is 2. The van der Waals surface area contributed by atoms with Crippen molar-refractivity contribution in [2.24, 2.45) is 0 Å². The van der Waals surface area contributed by atoms with Gasteiger partial charge in [-0.25, -0.2) is 13.1 Å². The molecule has 0 heterocycles. The van der Waals surface area contributed by atoms with Gasteiger partial charge in [0.1, 0.15) is 5.69 Å². The van der Waals surface area contributed by atoms with Crippen molar-refractivity contribution in [2.45, 2.75) is 22.5 Å². The number of nitro groups is 1. The highest BCUT2D eigenvalue weighted by atomic mass is 32.2. The van der Waals surface area contributed by atoms with Gasteiger partial charge < -0.3 is 5.73 Å². The molecule has 0 aromatic heterocycles. The third-order valence-corrected chi connectivity index (χ3v) is 6.15. The summed E-state index contributed by atoms with van der Waals surface area (Å²) in [6.45, 7) is 0.355. The molecule has 0 atom stereocenters. The molecule has 1 aliphatic carbocycles. The summed E-state index contributed by atoms with van der Waals surface area (Å²) in [6.07, 6.45) is 3.92. The Morgan fingerprint density at radius 3 is 2.60 bits per heavy atom. The Morgan fingerprint density at radius 2 is 2.15 bits per heavy atom. The van der Waals surface area contributed by atoms with Crippen LogP contribution in [0, 0.1) is 10.1 Å². The maximum atomic E-state index is 12.1. The Morgan fingerprint density at radius 1 is 1.50 bits per heavy atom. The van der Waals surface area contributed by atoms with Crippen LogP contribution in [0.3, 0.4) is 0 Å². The molecule has 1 aromatic carbocycles. The summed E-state index contributed by atoms with van der Waals surface area (Å²) in [5, 5.41) is 10.6. The Balaban J connectivity index is 2.17. The molecule has 0 saturated heterocycles. The Bertz CT molecular complexity index is 641. The molecule has 7 nitrogen and oxygen atoms in total. The predicted molar refractivity (Wildman–Crippen MR) is 78.2 cm³/mol. The van der Waals surface area contributed by atoms with Crippen molar-refractivity contribution in [3.05, 3.63) is 28.3 Å². The maximum absolute atomic E-state index is 12.1. The minimum absolute atomic E-state index is 0.000604. The van der Waals surface area contributed by atoms with E-state index < -0.39 is 14.9 Å². The van der Waals surface area contributed by atoms with E-state index in [4.69, 9.17) is 5.73 Å². The molecule has 1 saturated carbocycles. The zero-order valence-electron chi connectivity index (χ0n) is 10.8. The van der Waals surface area contributed by atoms with Crippen LogP contribution in [0.5, 0.6) is 0 Å². The monoisotopic (exact) mass is 317 g/mol. The van der Waals surface area contributed by atoms with Crippen molar-refractivity contribution in [3.63, 3.8) is 0 Å². The fourth-order valence-electron chi connectivity index (χ4n) is 1.77. The van der Waals surface area contributed by atoms with Crippen LogP contribution in [0.15, 0.2) is 23.1 Å². The molecule has 0 aliphatic heterocycles. The van der Waals surface area contributed by atoms with Crippen molar-refractivity contribution in [1.82, 2.24) is 4.72 Å². The molecule has 0 spiro atoms. The SMILES string of the molecule is CSC1(CNS(=O)(=O)c2ccc([N+](=O)[O-])c(N)c2)CC1. The number of nitrogens with one attached hydrogen (secondary N) is 1. The molecular formula is C11H15N3O4S2. The Hall–Kier alpha value is -1.32. The summed E-state index contributed by atoms with van der Waals surface area (Å²) in [5.74, 6) is 0. The van der Waals surface area contributed by atoms with E-state index in [1.165, 1.54) is 6.07 Å². The summed E-state index contributed by atoms with van der Waals surface area (Å²) in [5.41, 5.74) is 5.04. The summed E-state index contributed by atoms with van der Waals surface area (Å²) in [7, 11) is -3.69. The largest absolute Gasteiger partial charge is 0.393 e. The van der Waals surface area contributed by atoms with Gasteiger partial charge in [-0.2, -0.15) is 11.8 Å². The fraction of sp³-hybridized carbons (Fsp3) is 0.455. The van der Waals surface area contributed by atoms with Crippen LogP contribution in [0.25, 0.3) is 0 Å². The number of nitrogen functional groups attached to an aromatic ring is 1. The predicted octanol–water partition coefficient (Wildman–Crippen LogP) is 1.35. The minimum atomic E-state index is -3.69. The average molecular weight is 317 g/mol. The van der Waals surface area contributed by atoms with Crippen molar-refractivity contribution in [1.29, 1.82) is 0 Å². The van der Waals surface area contributed by atoms with Crippen molar-refractivity contribution in [3.8, 4) is 0 Å². The molecule has 3 N–H and O–H groups in total. The lowest BCUT2D eigenvalue weighted by molar-refractivity contribution is -0.383. The van der Waals surface area contributed by atoms with Gasteiger partial charge in [0.2, 0.25) is 10.0 Å². The number of rotatable bonds is 6. The first-order chi connectivity index (χ1) is 9.30. The number of nitrogens with two attached hydrogens (primary N) is 1. The number of sulfonamides is 1. The van der Waals surface area contributed by atoms with Gasteiger partial charge in [-0.1, -0.05) is 0 Å². The lowest BCUT2D eigenvalue weighted by Gasteiger charge is -2.13. The third kappa shape index (κ3) is 3.05. The standard InChI is InChI=1S/C11H15N3O4S2/c1-19-11(4-5-11)7-13-20(17,18)8-2-3-10(14(15)16)9(12)6-8/h2-3,6,13H,4-5,7,12H2,1H3. The highest BCUT2D eigenvalue weighted by molar-refractivity contribution is 8.00. The summed E-state index contributed by atoms with van der Waals surface area (Å²) in [4.78, 5) is 9.94. The van der Waals surface area contributed by atoms with E-state index in [0.717, 1.165) is 25.0 Å². The number of benzene rings is 1. The molecule has 0 bridgehead atoms. The second-order valence-corrected chi connectivity index (χ2v) is 7.73. The zero-order chi connectivity index (χ0) is 15.0. The maximum Gasteiger partial charge on any atom is 0.292 e. The van der Waals surface area contributed by atoms with Crippen LogP contribution >= 0.6 is 11.8 Å². The molecule has 2 rings (SSSR count). The van der Waals surface area contributed by atoms with Gasteiger partial charge in [0.25, 0.3) is 5.69 Å². The minimum Gasteiger partial charge on any atom is -0.393 e. The first-order valence-corrected chi connectivity index (χ1v) is 8.59. The van der Waals surface area contributed by atoms with E-state index in [0.29, 0.717) is 6.54 Å². The summed E-state index contributed by atoms with van der Waals surface area (Å²) in [6, 6.07) is 3.40. The Kier molecular flexibility index (Phi) is 3.94. The molecule has 0 unspecified atom stereocenters. The second-order valence-electron chi connectivity index (χ2n) is 4.69. The van der Waals surface area contributed by atoms with E-state index in [2.05, 4.69) is 4.72 Å². The summed E-state index contributed by atoms with van der Waals surface area (Å²) >= 11 is 1.64. The van der Waals surface area contributed by atoms with Crippen LogP contribution in [0.2, 0.25) is 0 Å². The van der Waals surface area contributed by atoms with Crippen LogP contribution in [0.1, 0.15) is 12.8 Å². The number of nitrogens with zero attached hydrogens (tertiary/aromatic N) is 1. The third-order valence-electron chi connectivity index (χ3n) is 3.33. The van der Waals surface area contributed by atoms with Crippen molar-refractivity contribution in [2.75, 3.05) is 18.5 Å². The molecular weight excluding hydrogens is 302 g/mol. The van der Waals surface area contributed by atoms with Gasteiger partial charge in [0.05, 0.1) is 9.82 Å². The van der Waals surface area contributed by atoms with Crippen LogP contribution in [-0.2, 0) is 10.0 Å². The molecule has 0 amide bonds. The number of anilines is 1. The van der Waals surface area contributed by atoms with Gasteiger partial charge in [0, 0.05) is 17.4 Å². The quantitative estimate of drug-likeness (QED) is 0.465. The highest BCUT2D eigenvalue weighted by Crippen LogP contribution is 2.46. The molecule has 9 heteroatoms. The molecule has 1 fully saturated rings. The molecule has 110 valence electrons. The van der Waals surface area contributed by atoms with Gasteiger partial charge in [0.15, 0.2) is 0 Å². The molecule has 1 aliphatic rings. The fourth-order valence-corrected chi connectivity index (χ4v) is 3.75. The number of nitro benzene ring substituents is 1. The average Bonchev–Trinajstić information content (AvgIpc) is 3.16. The van der Waals surface area contributed by atoms with Gasteiger partial charge >= 0.3 is 0 Å². The first-order valence-electron chi connectivity index (χ1n) is 5.88. The van der Waals surface area contributed by atoms with E-state index in [1.54, 1.807) is 11.8 Å². The first kappa shape index (κ1) is 15.1. The normalized spacial score (nSPS) is 16.9.